The Hall–Kier alpha value is -1.10. The van der Waals surface area contributed by atoms with E-state index in [0.717, 1.165) is 0 Å². The van der Waals surface area contributed by atoms with Gasteiger partial charge in [-0.15, -0.1) is 0 Å². The van der Waals surface area contributed by atoms with Gasteiger partial charge in [0.1, 0.15) is 0 Å². The van der Waals surface area contributed by atoms with Crippen LogP contribution in [0.25, 0.3) is 0 Å². The fraction of sp³-hybridized carbons (Fsp3) is 0.600. The summed E-state index contributed by atoms with van der Waals surface area (Å²) >= 11 is 0. The molecule has 2 amide bonds. The molecule has 0 rings (SSSR count). The molecular formula is C5H11N3O2. The summed E-state index contributed by atoms with van der Waals surface area (Å²) in [5.74, 6) is 0. The normalized spacial score (nSPS) is 11.2. The van der Waals surface area contributed by atoms with Crippen molar-refractivity contribution < 1.29 is 9.53 Å². The number of hydrogen-bond acceptors (Lipinski definition) is 3. The van der Waals surface area contributed by atoms with Crippen LogP contribution < -0.4 is 11.2 Å². The highest BCUT2D eigenvalue weighted by Gasteiger charge is 1.89. The number of primary amides is 1. The highest BCUT2D eigenvalue weighted by Crippen LogP contribution is 1.74. The third-order valence-corrected chi connectivity index (χ3v) is 0.710. The van der Waals surface area contributed by atoms with Crippen LogP contribution in [0.1, 0.15) is 6.92 Å². The standard InChI is InChI=1S/C5H11N3O2/c1-4(3-10-2)7-8-5(6)9/h3H2,1-2H3,(H3,6,8,9). The van der Waals surface area contributed by atoms with Crippen molar-refractivity contribution in [3.8, 4) is 0 Å². The second-order valence-corrected chi connectivity index (χ2v) is 1.76. The molecular weight excluding hydrogens is 134 g/mol. The minimum Gasteiger partial charge on any atom is -0.379 e. The average Bonchev–Trinajstić information content (AvgIpc) is 1.85. The third kappa shape index (κ3) is 5.04. The van der Waals surface area contributed by atoms with E-state index in [2.05, 4.69) is 10.5 Å². The lowest BCUT2D eigenvalue weighted by atomic mass is 10.5. The van der Waals surface area contributed by atoms with Gasteiger partial charge in [0, 0.05) is 7.11 Å². The smallest absolute Gasteiger partial charge is 0.332 e. The van der Waals surface area contributed by atoms with E-state index >= 15 is 0 Å². The first-order chi connectivity index (χ1) is 4.66. The summed E-state index contributed by atoms with van der Waals surface area (Å²) in [5.41, 5.74) is 7.48. The van der Waals surface area contributed by atoms with Gasteiger partial charge in [-0.05, 0) is 6.92 Å². The third-order valence-electron chi connectivity index (χ3n) is 0.710. The van der Waals surface area contributed by atoms with Gasteiger partial charge >= 0.3 is 6.03 Å². The number of carbonyl (C=O) groups is 1. The Bertz CT molecular complexity index is 144. The molecule has 0 fully saturated rings. The van der Waals surface area contributed by atoms with Crippen molar-refractivity contribution in [2.24, 2.45) is 10.8 Å². The van der Waals surface area contributed by atoms with E-state index in [4.69, 9.17) is 10.5 Å². The summed E-state index contributed by atoms with van der Waals surface area (Å²) in [6.45, 7) is 2.11. The molecule has 5 nitrogen and oxygen atoms in total. The molecule has 0 atom stereocenters. The fourth-order valence-electron chi connectivity index (χ4n) is 0.392. The van der Waals surface area contributed by atoms with Crippen LogP contribution in [-0.4, -0.2) is 25.5 Å². The van der Waals surface area contributed by atoms with Gasteiger partial charge in [0.25, 0.3) is 0 Å². The molecule has 10 heavy (non-hydrogen) atoms. The Balaban J connectivity index is 3.57. The molecule has 0 aromatic heterocycles. The Kier molecular flexibility index (Phi) is 4.23. The predicted molar refractivity (Wildman–Crippen MR) is 37.7 cm³/mol. The minimum atomic E-state index is -0.671. The van der Waals surface area contributed by atoms with Crippen molar-refractivity contribution in [3.05, 3.63) is 0 Å². The number of rotatable bonds is 3. The number of hydrazone groups is 1. The van der Waals surface area contributed by atoms with Crippen molar-refractivity contribution in [3.63, 3.8) is 0 Å². The Morgan fingerprint density at radius 3 is 2.80 bits per heavy atom. The second kappa shape index (κ2) is 4.75. The van der Waals surface area contributed by atoms with Gasteiger partial charge in [0.2, 0.25) is 0 Å². The summed E-state index contributed by atoms with van der Waals surface area (Å²) < 4.78 is 4.71. The highest BCUT2D eigenvalue weighted by molar-refractivity contribution is 5.84. The zero-order chi connectivity index (χ0) is 7.98. The van der Waals surface area contributed by atoms with Crippen LogP contribution in [0.5, 0.6) is 0 Å². The molecule has 0 saturated heterocycles. The first kappa shape index (κ1) is 8.90. The van der Waals surface area contributed by atoms with Crippen LogP contribution in [0.2, 0.25) is 0 Å². The van der Waals surface area contributed by atoms with Crippen molar-refractivity contribution >= 4 is 11.7 Å². The van der Waals surface area contributed by atoms with E-state index in [1.165, 1.54) is 0 Å². The van der Waals surface area contributed by atoms with Gasteiger partial charge in [0.05, 0.1) is 12.3 Å². The van der Waals surface area contributed by atoms with Gasteiger partial charge in [-0.1, -0.05) is 0 Å². The zero-order valence-corrected chi connectivity index (χ0v) is 6.05. The summed E-state index contributed by atoms with van der Waals surface area (Å²) in [7, 11) is 1.54. The number of hydrogen-bond donors (Lipinski definition) is 2. The van der Waals surface area contributed by atoms with Crippen molar-refractivity contribution in [1.29, 1.82) is 0 Å². The monoisotopic (exact) mass is 145 g/mol. The van der Waals surface area contributed by atoms with E-state index in [1.54, 1.807) is 14.0 Å². The van der Waals surface area contributed by atoms with E-state index in [0.29, 0.717) is 12.3 Å². The fourth-order valence-corrected chi connectivity index (χ4v) is 0.392. The maximum Gasteiger partial charge on any atom is 0.332 e. The molecule has 0 radical (unpaired) electrons. The molecule has 0 heterocycles. The molecule has 0 spiro atoms. The molecule has 0 saturated carbocycles. The van der Waals surface area contributed by atoms with Crippen molar-refractivity contribution in [2.75, 3.05) is 13.7 Å². The number of amides is 2. The second-order valence-electron chi connectivity index (χ2n) is 1.76. The topological polar surface area (TPSA) is 76.7 Å². The maximum absolute atomic E-state index is 10.1. The number of carbonyl (C=O) groups excluding carboxylic acids is 1. The van der Waals surface area contributed by atoms with Gasteiger partial charge in [0.15, 0.2) is 0 Å². The number of methoxy groups -OCH3 is 1. The number of nitrogens with one attached hydrogen (secondary N) is 1. The zero-order valence-electron chi connectivity index (χ0n) is 6.05. The molecule has 0 aromatic rings. The molecule has 5 heteroatoms. The van der Waals surface area contributed by atoms with Gasteiger partial charge < -0.3 is 10.5 Å². The molecule has 0 aromatic carbocycles. The van der Waals surface area contributed by atoms with Crippen LogP contribution in [0.4, 0.5) is 4.79 Å². The molecule has 58 valence electrons. The number of ether oxygens (including phenoxy) is 1. The average molecular weight is 145 g/mol. The van der Waals surface area contributed by atoms with Crippen LogP contribution in [0.3, 0.4) is 0 Å². The highest BCUT2D eigenvalue weighted by atomic mass is 16.5. The molecule has 0 aliphatic heterocycles. The van der Waals surface area contributed by atoms with Crippen molar-refractivity contribution in [1.82, 2.24) is 5.43 Å². The summed E-state index contributed by atoms with van der Waals surface area (Å²) in [6.07, 6.45) is 0. The summed E-state index contributed by atoms with van der Waals surface area (Å²) in [4.78, 5) is 10.1. The lowest BCUT2D eigenvalue weighted by Gasteiger charge is -1.96. The van der Waals surface area contributed by atoms with Gasteiger partial charge in [-0.25, -0.2) is 10.2 Å². The molecule has 0 aliphatic carbocycles. The lowest BCUT2D eigenvalue weighted by Crippen LogP contribution is -2.26. The summed E-state index contributed by atoms with van der Waals surface area (Å²) in [5, 5.41) is 3.58. The van der Waals surface area contributed by atoms with Crippen molar-refractivity contribution in [2.45, 2.75) is 6.92 Å². The van der Waals surface area contributed by atoms with Crippen LogP contribution in [0, 0.1) is 0 Å². The van der Waals surface area contributed by atoms with Crippen LogP contribution >= 0.6 is 0 Å². The quantitative estimate of drug-likeness (QED) is 0.421. The number of nitrogens with zero attached hydrogens (tertiary/aromatic N) is 1. The first-order valence-corrected chi connectivity index (χ1v) is 2.74. The SMILES string of the molecule is COCC(C)=NNC(N)=O. The van der Waals surface area contributed by atoms with E-state index in [-0.39, 0.29) is 0 Å². The first-order valence-electron chi connectivity index (χ1n) is 2.74. The van der Waals surface area contributed by atoms with Gasteiger partial charge in [-0.2, -0.15) is 5.10 Å². The van der Waals surface area contributed by atoms with Crippen LogP contribution in [0.15, 0.2) is 5.10 Å². The lowest BCUT2D eigenvalue weighted by molar-refractivity contribution is 0.242. The number of urea groups is 1. The largest absolute Gasteiger partial charge is 0.379 e. The molecule has 0 unspecified atom stereocenters. The number of nitrogens with two attached hydrogens (primary N) is 1. The predicted octanol–water partition coefficient (Wildman–Crippen LogP) is -0.323. The molecule has 0 aliphatic rings. The van der Waals surface area contributed by atoms with Gasteiger partial charge in [-0.3, -0.25) is 0 Å². The van der Waals surface area contributed by atoms with Crippen LogP contribution in [-0.2, 0) is 4.74 Å². The Morgan fingerprint density at radius 1 is 1.80 bits per heavy atom. The van der Waals surface area contributed by atoms with E-state index < -0.39 is 6.03 Å². The minimum absolute atomic E-state index is 0.389. The van der Waals surface area contributed by atoms with E-state index in [9.17, 15) is 4.79 Å². The van der Waals surface area contributed by atoms with E-state index in [1.807, 2.05) is 0 Å². The summed E-state index contributed by atoms with van der Waals surface area (Å²) in [6, 6.07) is -0.671. The maximum atomic E-state index is 10.1. The Morgan fingerprint density at radius 2 is 2.40 bits per heavy atom. The molecule has 3 N–H and O–H groups in total. The Labute approximate surface area is 59.2 Å². The molecule has 0 bridgehead atoms.